The Kier molecular flexibility index (Phi) is 4.94. The van der Waals surface area contributed by atoms with Crippen molar-refractivity contribution in [3.63, 3.8) is 0 Å². The van der Waals surface area contributed by atoms with Gasteiger partial charge in [-0.2, -0.15) is 0 Å². The van der Waals surface area contributed by atoms with Crippen molar-refractivity contribution in [3.05, 3.63) is 46.0 Å². The lowest BCUT2D eigenvalue weighted by Gasteiger charge is -2.13. The maximum absolute atomic E-state index is 12.3. The third-order valence-electron chi connectivity index (χ3n) is 4.16. The fourth-order valence-corrected chi connectivity index (χ4v) is 3.62. The highest BCUT2D eigenvalue weighted by atomic mass is 32.1. The largest absolute Gasteiger partial charge is 0.298 e. The molecule has 1 saturated heterocycles. The predicted molar refractivity (Wildman–Crippen MR) is 95.4 cm³/mol. The standard InChI is InChI=1S/C18H19N3O3S/c1-3-14-11(2)25-18(19-14)20-17(24)13-6-4-12(5-7-13)10-21-15(22)8-9-16(21)23/h4-7H,3,8-10H2,1-2H3,(H,19,20,24). The molecule has 0 radical (unpaired) electrons. The van der Waals surface area contributed by atoms with Gasteiger partial charge in [-0.25, -0.2) is 4.98 Å². The summed E-state index contributed by atoms with van der Waals surface area (Å²) in [6.07, 6.45) is 1.40. The first-order valence-electron chi connectivity index (χ1n) is 8.17. The maximum atomic E-state index is 12.3. The van der Waals surface area contributed by atoms with Crippen LogP contribution in [0.15, 0.2) is 24.3 Å². The Labute approximate surface area is 149 Å². The first-order chi connectivity index (χ1) is 12.0. The molecule has 0 saturated carbocycles. The quantitative estimate of drug-likeness (QED) is 0.835. The molecule has 7 heteroatoms. The number of benzene rings is 1. The van der Waals surface area contributed by atoms with E-state index < -0.39 is 0 Å². The van der Waals surface area contributed by atoms with E-state index in [-0.39, 0.29) is 37.1 Å². The van der Waals surface area contributed by atoms with Gasteiger partial charge in [-0.15, -0.1) is 11.3 Å². The highest BCUT2D eigenvalue weighted by molar-refractivity contribution is 7.15. The van der Waals surface area contributed by atoms with Crippen molar-refractivity contribution in [2.45, 2.75) is 39.7 Å². The number of hydrogen-bond donors (Lipinski definition) is 1. The lowest BCUT2D eigenvalue weighted by atomic mass is 10.1. The summed E-state index contributed by atoms with van der Waals surface area (Å²) in [6, 6.07) is 6.91. The van der Waals surface area contributed by atoms with Crippen molar-refractivity contribution in [1.82, 2.24) is 9.88 Å². The van der Waals surface area contributed by atoms with Crippen LogP contribution in [0.25, 0.3) is 0 Å². The molecule has 1 fully saturated rings. The highest BCUT2D eigenvalue weighted by Crippen LogP contribution is 2.23. The SMILES string of the molecule is CCc1nc(NC(=O)c2ccc(CN3C(=O)CCC3=O)cc2)sc1C. The molecule has 1 aliphatic heterocycles. The number of aryl methyl sites for hydroxylation is 2. The second-order valence-corrected chi connectivity index (χ2v) is 7.10. The molecule has 1 aliphatic rings. The van der Waals surface area contributed by atoms with Crippen LogP contribution in [-0.4, -0.2) is 27.6 Å². The normalized spacial score (nSPS) is 14.2. The van der Waals surface area contributed by atoms with Gasteiger partial charge in [0.2, 0.25) is 11.8 Å². The average molecular weight is 357 g/mol. The first kappa shape index (κ1) is 17.3. The molecule has 0 bridgehead atoms. The summed E-state index contributed by atoms with van der Waals surface area (Å²) >= 11 is 1.46. The van der Waals surface area contributed by atoms with Gasteiger partial charge in [0.1, 0.15) is 0 Å². The number of nitrogens with one attached hydrogen (secondary N) is 1. The first-order valence-corrected chi connectivity index (χ1v) is 8.99. The lowest BCUT2D eigenvalue weighted by Crippen LogP contribution is -2.28. The zero-order chi connectivity index (χ0) is 18.0. The van der Waals surface area contributed by atoms with Gasteiger partial charge in [0.25, 0.3) is 5.91 Å². The summed E-state index contributed by atoms with van der Waals surface area (Å²) in [5, 5.41) is 3.40. The molecular weight excluding hydrogens is 338 g/mol. The van der Waals surface area contributed by atoms with Gasteiger partial charge in [0.05, 0.1) is 12.2 Å². The van der Waals surface area contributed by atoms with E-state index in [1.807, 2.05) is 13.8 Å². The third-order valence-corrected chi connectivity index (χ3v) is 5.09. The van der Waals surface area contributed by atoms with Crippen LogP contribution in [0.1, 0.15) is 46.3 Å². The Balaban J connectivity index is 1.66. The van der Waals surface area contributed by atoms with Crippen molar-refractivity contribution < 1.29 is 14.4 Å². The fraction of sp³-hybridized carbons (Fsp3) is 0.333. The molecule has 0 atom stereocenters. The van der Waals surface area contributed by atoms with Crippen molar-refractivity contribution in [1.29, 1.82) is 0 Å². The van der Waals surface area contributed by atoms with E-state index in [0.717, 1.165) is 22.6 Å². The highest BCUT2D eigenvalue weighted by Gasteiger charge is 2.28. The number of carbonyl (C=O) groups is 3. The molecule has 0 spiro atoms. The topological polar surface area (TPSA) is 79.4 Å². The Hall–Kier alpha value is -2.54. The molecule has 2 heterocycles. The van der Waals surface area contributed by atoms with Gasteiger partial charge in [-0.05, 0) is 31.0 Å². The zero-order valence-electron chi connectivity index (χ0n) is 14.2. The second-order valence-electron chi connectivity index (χ2n) is 5.90. The number of carbonyl (C=O) groups excluding carboxylic acids is 3. The van der Waals surface area contributed by atoms with Crippen molar-refractivity contribution in [2.75, 3.05) is 5.32 Å². The number of rotatable bonds is 5. The van der Waals surface area contributed by atoms with Crippen LogP contribution in [-0.2, 0) is 22.6 Å². The summed E-state index contributed by atoms with van der Waals surface area (Å²) in [6.45, 7) is 4.27. The number of thiazole rings is 1. The molecule has 1 aromatic heterocycles. The predicted octanol–water partition coefficient (Wildman–Crippen LogP) is 2.92. The number of anilines is 1. The summed E-state index contributed by atoms with van der Waals surface area (Å²) in [4.78, 5) is 42.4. The second kappa shape index (κ2) is 7.14. The summed E-state index contributed by atoms with van der Waals surface area (Å²) < 4.78 is 0. The minimum atomic E-state index is -0.226. The lowest BCUT2D eigenvalue weighted by molar-refractivity contribution is -0.139. The minimum Gasteiger partial charge on any atom is -0.298 e. The van der Waals surface area contributed by atoms with Crippen LogP contribution in [0.2, 0.25) is 0 Å². The zero-order valence-corrected chi connectivity index (χ0v) is 15.0. The van der Waals surface area contributed by atoms with Crippen LogP contribution in [0.5, 0.6) is 0 Å². The maximum Gasteiger partial charge on any atom is 0.257 e. The molecular formula is C18H19N3O3S. The molecule has 2 aromatic rings. The summed E-state index contributed by atoms with van der Waals surface area (Å²) in [5.74, 6) is -0.508. The smallest absolute Gasteiger partial charge is 0.257 e. The fourth-order valence-electron chi connectivity index (χ4n) is 2.72. The number of imide groups is 1. The van der Waals surface area contributed by atoms with E-state index >= 15 is 0 Å². The van der Waals surface area contributed by atoms with E-state index in [0.29, 0.717) is 10.7 Å². The van der Waals surface area contributed by atoms with E-state index in [1.54, 1.807) is 24.3 Å². The van der Waals surface area contributed by atoms with Crippen LogP contribution in [0, 0.1) is 6.92 Å². The van der Waals surface area contributed by atoms with Gasteiger partial charge in [0, 0.05) is 23.3 Å². The van der Waals surface area contributed by atoms with Gasteiger partial charge in [-0.3, -0.25) is 24.6 Å². The molecule has 1 aromatic carbocycles. The molecule has 3 amide bonds. The van der Waals surface area contributed by atoms with Gasteiger partial charge >= 0.3 is 0 Å². The third kappa shape index (κ3) is 3.76. The Morgan fingerprint density at radius 3 is 2.40 bits per heavy atom. The Morgan fingerprint density at radius 2 is 1.84 bits per heavy atom. The number of amides is 3. The Morgan fingerprint density at radius 1 is 1.20 bits per heavy atom. The minimum absolute atomic E-state index is 0.141. The number of aromatic nitrogens is 1. The molecule has 3 rings (SSSR count). The van der Waals surface area contributed by atoms with Crippen LogP contribution >= 0.6 is 11.3 Å². The van der Waals surface area contributed by atoms with Gasteiger partial charge in [-0.1, -0.05) is 19.1 Å². The molecule has 0 aliphatic carbocycles. The number of hydrogen-bond acceptors (Lipinski definition) is 5. The molecule has 130 valence electrons. The monoisotopic (exact) mass is 357 g/mol. The van der Waals surface area contributed by atoms with Crippen LogP contribution in [0.3, 0.4) is 0 Å². The van der Waals surface area contributed by atoms with Gasteiger partial charge < -0.3 is 0 Å². The van der Waals surface area contributed by atoms with Crippen molar-refractivity contribution >= 4 is 34.2 Å². The van der Waals surface area contributed by atoms with E-state index in [4.69, 9.17) is 0 Å². The molecule has 0 unspecified atom stereocenters. The summed E-state index contributed by atoms with van der Waals surface area (Å²) in [7, 11) is 0. The van der Waals surface area contributed by atoms with E-state index in [9.17, 15) is 14.4 Å². The average Bonchev–Trinajstić information content (AvgIpc) is 3.11. The van der Waals surface area contributed by atoms with Crippen molar-refractivity contribution in [2.24, 2.45) is 0 Å². The number of likely N-dealkylation sites (tertiary alicyclic amines) is 1. The van der Waals surface area contributed by atoms with Crippen LogP contribution in [0.4, 0.5) is 5.13 Å². The van der Waals surface area contributed by atoms with E-state index in [2.05, 4.69) is 10.3 Å². The van der Waals surface area contributed by atoms with Gasteiger partial charge in [0.15, 0.2) is 5.13 Å². The van der Waals surface area contributed by atoms with E-state index in [1.165, 1.54) is 16.2 Å². The number of nitrogens with zero attached hydrogens (tertiary/aromatic N) is 2. The Bertz CT molecular complexity index is 811. The summed E-state index contributed by atoms with van der Waals surface area (Å²) in [5.41, 5.74) is 2.32. The van der Waals surface area contributed by atoms with Crippen molar-refractivity contribution in [3.8, 4) is 0 Å². The molecule has 1 N–H and O–H groups in total. The molecule has 25 heavy (non-hydrogen) atoms. The molecule has 6 nitrogen and oxygen atoms in total. The van der Waals surface area contributed by atoms with Crippen LogP contribution < -0.4 is 5.32 Å².